The van der Waals surface area contributed by atoms with Gasteiger partial charge in [-0.15, -0.1) is 0 Å². The van der Waals surface area contributed by atoms with Crippen LogP contribution >= 0.6 is 0 Å². The van der Waals surface area contributed by atoms with Gasteiger partial charge in [0.25, 0.3) is 5.69 Å². The Morgan fingerprint density at radius 3 is 2.24 bits per heavy atom. The van der Waals surface area contributed by atoms with E-state index in [4.69, 9.17) is 0 Å². The molecule has 3 rings (SSSR count). The summed E-state index contributed by atoms with van der Waals surface area (Å²) in [5.41, 5.74) is 2.84. The number of hydrogen-bond donors (Lipinski definition) is 2. The summed E-state index contributed by atoms with van der Waals surface area (Å²) in [5, 5.41) is 17.7. The first kappa shape index (κ1) is 16.5. The van der Waals surface area contributed by atoms with Crippen molar-refractivity contribution in [1.29, 1.82) is 0 Å². The van der Waals surface area contributed by atoms with Crippen LogP contribution in [0.2, 0.25) is 0 Å². The molecule has 0 bridgehead atoms. The third-order valence-electron chi connectivity index (χ3n) is 3.88. The minimum absolute atomic E-state index is 0.0578. The van der Waals surface area contributed by atoms with Gasteiger partial charge in [-0.1, -0.05) is 30.3 Å². The quantitative estimate of drug-likeness (QED) is 0.552. The lowest BCUT2D eigenvalue weighted by Crippen LogP contribution is -2.36. The average Bonchev–Trinajstić information content (AvgIpc) is 2.64. The lowest BCUT2D eigenvalue weighted by molar-refractivity contribution is -0.607. The largest absolute Gasteiger partial charge is 0.618 e. The Morgan fingerprint density at radius 2 is 1.56 bits per heavy atom. The topological polar surface area (TPSA) is 68.1 Å². The van der Waals surface area contributed by atoms with Crippen LogP contribution in [0.5, 0.6) is 0 Å². The van der Waals surface area contributed by atoms with Gasteiger partial charge < -0.3 is 15.8 Å². The van der Waals surface area contributed by atoms with Crippen molar-refractivity contribution < 1.29 is 9.52 Å². The van der Waals surface area contributed by atoms with Crippen LogP contribution in [0.25, 0.3) is 0 Å². The van der Waals surface area contributed by atoms with Crippen molar-refractivity contribution in [2.75, 3.05) is 10.6 Å². The van der Waals surface area contributed by atoms with Gasteiger partial charge in [-0.2, -0.15) is 4.73 Å². The summed E-state index contributed by atoms with van der Waals surface area (Å²) in [6.45, 7) is 2.09. The number of rotatable bonds is 5. The van der Waals surface area contributed by atoms with Crippen molar-refractivity contribution in [3.8, 4) is 0 Å². The van der Waals surface area contributed by atoms with Crippen molar-refractivity contribution in [3.05, 3.63) is 95.5 Å². The summed E-state index contributed by atoms with van der Waals surface area (Å²) < 4.78 is 0.548. The molecule has 5 nitrogen and oxygen atoms in total. The molecule has 1 aromatic heterocycles. The minimum atomic E-state index is -0.436. The molecule has 0 aliphatic carbocycles. The zero-order chi connectivity index (χ0) is 17.6. The number of amides is 1. The first-order chi connectivity index (χ1) is 12.1. The van der Waals surface area contributed by atoms with E-state index >= 15 is 0 Å². The SMILES string of the molecule is CC(Nc1ccc(NC(=O)c2cccc[n+]2[O-])cc1)c1ccccc1. The minimum Gasteiger partial charge on any atom is -0.618 e. The molecule has 1 atom stereocenters. The van der Waals surface area contributed by atoms with Crippen LogP contribution in [0.4, 0.5) is 11.4 Å². The molecule has 3 aromatic rings. The van der Waals surface area contributed by atoms with E-state index in [1.54, 1.807) is 24.3 Å². The maximum Gasteiger partial charge on any atom is 0.321 e. The normalized spacial score (nSPS) is 11.6. The Morgan fingerprint density at radius 1 is 0.920 bits per heavy atom. The lowest BCUT2D eigenvalue weighted by Gasteiger charge is -2.16. The summed E-state index contributed by atoms with van der Waals surface area (Å²) in [6.07, 6.45) is 1.30. The molecule has 0 saturated heterocycles. The van der Waals surface area contributed by atoms with Gasteiger partial charge in [0.15, 0.2) is 6.20 Å². The molecule has 1 amide bonds. The Bertz CT molecular complexity index is 848. The molecule has 0 radical (unpaired) electrons. The number of nitrogens with one attached hydrogen (secondary N) is 2. The number of aromatic nitrogens is 1. The van der Waals surface area contributed by atoms with Crippen LogP contribution in [-0.4, -0.2) is 5.91 Å². The fourth-order valence-electron chi connectivity index (χ4n) is 2.52. The number of carbonyl (C=O) groups excluding carboxylic acids is 1. The second-order valence-electron chi connectivity index (χ2n) is 5.72. The van der Waals surface area contributed by atoms with Crippen LogP contribution in [0.15, 0.2) is 79.0 Å². The van der Waals surface area contributed by atoms with Crippen LogP contribution in [-0.2, 0) is 0 Å². The van der Waals surface area contributed by atoms with Gasteiger partial charge in [-0.05, 0) is 42.8 Å². The average molecular weight is 333 g/mol. The van der Waals surface area contributed by atoms with Gasteiger partial charge >= 0.3 is 5.91 Å². The first-order valence-electron chi connectivity index (χ1n) is 8.04. The fourth-order valence-corrected chi connectivity index (χ4v) is 2.52. The highest BCUT2D eigenvalue weighted by Gasteiger charge is 2.15. The van der Waals surface area contributed by atoms with E-state index in [1.807, 2.05) is 30.3 Å². The molecule has 1 heterocycles. The van der Waals surface area contributed by atoms with Gasteiger partial charge in [0, 0.05) is 29.5 Å². The second-order valence-corrected chi connectivity index (χ2v) is 5.72. The molecule has 1 unspecified atom stereocenters. The predicted octanol–water partition coefficient (Wildman–Crippen LogP) is 3.75. The number of nitrogens with zero attached hydrogens (tertiary/aromatic N) is 1. The van der Waals surface area contributed by atoms with Crippen molar-refractivity contribution in [1.82, 2.24) is 0 Å². The summed E-state index contributed by atoms with van der Waals surface area (Å²) in [5.74, 6) is -0.436. The third-order valence-corrected chi connectivity index (χ3v) is 3.88. The van der Waals surface area contributed by atoms with Crippen LogP contribution in [0, 0.1) is 5.21 Å². The molecule has 126 valence electrons. The van der Waals surface area contributed by atoms with Gasteiger partial charge in [0.2, 0.25) is 0 Å². The molecule has 0 fully saturated rings. The summed E-state index contributed by atoms with van der Waals surface area (Å²) in [4.78, 5) is 12.1. The van der Waals surface area contributed by atoms with Crippen LogP contribution in [0.3, 0.4) is 0 Å². The standard InChI is InChI=1S/C20H19N3O2/c1-15(16-7-3-2-4-8-16)21-17-10-12-18(13-11-17)22-20(24)19-9-5-6-14-23(19)25/h2-15,21H,1H3,(H,22,24). The molecule has 2 N–H and O–H groups in total. The molecular formula is C20H19N3O2. The van der Waals surface area contributed by atoms with E-state index in [-0.39, 0.29) is 11.7 Å². The molecular weight excluding hydrogens is 314 g/mol. The highest BCUT2D eigenvalue weighted by atomic mass is 16.5. The van der Waals surface area contributed by atoms with E-state index in [9.17, 15) is 10.0 Å². The van der Waals surface area contributed by atoms with Crippen LogP contribution in [0.1, 0.15) is 29.0 Å². The summed E-state index contributed by atoms with van der Waals surface area (Å²) in [6, 6.07) is 22.4. The highest BCUT2D eigenvalue weighted by Crippen LogP contribution is 2.20. The predicted molar refractivity (Wildman–Crippen MR) is 98.3 cm³/mol. The van der Waals surface area contributed by atoms with Crippen molar-refractivity contribution in [2.45, 2.75) is 13.0 Å². The summed E-state index contributed by atoms with van der Waals surface area (Å²) in [7, 11) is 0. The number of hydrogen-bond acceptors (Lipinski definition) is 3. The van der Waals surface area contributed by atoms with Crippen molar-refractivity contribution >= 4 is 17.3 Å². The van der Waals surface area contributed by atoms with Crippen molar-refractivity contribution in [3.63, 3.8) is 0 Å². The van der Waals surface area contributed by atoms with E-state index in [2.05, 4.69) is 29.7 Å². The number of pyridine rings is 1. The van der Waals surface area contributed by atoms with Gasteiger partial charge in [-0.3, -0.25) is 4.79 Å². The molecule has 25 heavy (non-hydrogen) atoms. The van der Waals surface area contributed by atoms with Gasteiger partial charge in [0.05, 0.1) is 0 Å². The van der Waals surface area contributed by atoms with Crippen molar-refractivity contribution in [2.24, 2.45) is 0 Å². The molecule has 2 aromatic carbocycles. The molecule has 5 heteroatoms. The van der Waals surface area contributed by atoms with E-state index < -0.39 is 5.91 Å². The monoisotopic (exact) mass is 333 g/mol. The molecule has 0 spiro atoms. The highest BCUT2D eigenvalue weighted by molar-refractivity contribution is 6.01. The Kier molecular flexibility index (Phi) is 4.95. The first-order valence-corrected chi connectivity index (χ1v) is 8.04. The maximum atomic E-state index is 12.1. The molecule has 0 aliphatic heterocycles. The number of benzene rings is 2. The third kappa shape index (κ3) is 4.14. The van der Waals surface area contributed by atoms with E-state index in [1.165, 1.54) is 17.8 Å². The zero-order valence-corrected chi connectivity index (χ0v) is 13.8. The Balaban J connectivity index is 1.64. The van der Waals surface area contributed by atoms with E-state index in [0.29, 0.717) is 10.4 Å². The Hall–Kier alpha value is -3.34. The molecule has 0 aliphatic rings. The van der Waals surface area contributed by atoms with Gasteiger partial charge in [0.1, 0.15) is 0 Å². The smallest absolute Gasteiger partial charge is 0.321 e. The maximum absolute atomic E-state index is 12.1. The van der Waals surface area contributed by atoms with E-state index in [0.717, 1.165) is 5.69 Å². The molecule has 0 saturated carbocycles. The number of anilines is 2. The number of carbonyl (C=O) groups is 1. The van der Waals surface area contributed by atoms with Gasteiger partial charge in [-0.25, -0.2) is 0 Å². The second kappa shape index (κ2) is 7.49. The fraction of sp³-hybridized carbons (Fsp3) is 0.100. The van der Waals surface area contributed by atoms with Crippen LogP contribution < -0.4 is 15.4 Å². The summed E-state index contributed by atoms with van der Waals surface area (Å²) >= 11 is 0. The lowest BCUT2D eigenvalue weighted by atomic mass is 10.1. The zero-order valence-electron chi connectivity index (χ0n) is 13.8. The Labute approximate surface area is 146 Å².